The third-order valence-electron chi connectivity index (χ3n) is 3.64. The summed E-state index contributed by atoms with van der Waals surface area (Å²) in [6, 6.07) is 14.4. The Kier molecular flexibility index (Phi) is 8.06. The van der Waals surface area contributed by atoms with Crippen molar-refractivity contribution in [3.63, 3.8) is 0 Å². The zero-order valence-electron chi connectivity index (χ0n) is 13.3. The molecule has 0 radical (unpaired) electrons. The summed E-state index contributed by atoms with van der Waals surface area (Å²) in [7, 11) is 0. The van der Waals surface area contributed by atoms with Gasteiger partial charge in [0.1, 0.15) is 6.54 Å². The second kappa shape index (κ2) is 9.80. The summed E-state index contributed by atoms with van der Waals surface area (Å²) in [6.07, 6.45) is 8.09. The molecule has 0 fully saturated rings. The van der Waals surface area contributed by atoms with Gasteiger partial charge in [-0.2, -0.15) is 4.57 Å². The number of hydrogen-bond acceptors (Lipinski definition) is 1. The monoisotopic (exact) mass is 331 g/mol. The van der Waals surface area contributed by atoms with Gasteiger partial charge in [-0.3, -0.25) is 4.79 Å². The summed E-state index contributed by atoms with van der Waals surface area (Å²) in [4.78, 5) is 10.6. The van der Waals surface area contributed by atoms with Crippen LogP contribution in [0.15, 0.2) is 48.7 Å². The summed E-state index contributed by atoms with van der Waals surface area (Å²) in [5, 5.41) is 8.68. The Morgan fingerprint density at radius 3 is 2.57 bits per heavy atom. The smallest absolute Gasteiger partial charge is 0.303 e. The van der Waals surface area contributed by atoms with E-state index in [4.69, 9.17) is 5.11 Å². The minimum Gasteiger partial charge on any atom is -1.00 e. The Bertz CT molecular complexity index is 668. The van der Waals surface area contributed by atoms with Crippen LogP contribution in [0.2, 0.25) is 0 Å². The van der Waals surface area contributed by atoms with E-state index in [1.165, 1.54) is 11.1 Å². The Labute approximate surface area is 143 Å². The van der Waals surface area contributed by atoms with Crippen LogP contribution in [0, 0.1) is 6.92 Å². The highest BCUT2D eigenvalue weighted by molar-refractivity contribution is 5.68. The highest BCUT2D eigenvalue weighted by Crippen LogP contribution is 2.10. The van der Waals surface area contributed by atoms with Crippen molar-refractivity contribution in [1.82, 2.24) is 0 Å². The van der Waals surface area contributed by atoms with Gasteiger partial charge in [-0.05, 0) is 36.6 Å². The highest BCUT2D eigenvalue weighted by Gasteiger charge is 2.07. The van der Waals surface area contributed by atoms with Crippen molar-refractivity contribution < 1.29 is 26.9 Å². The molecule has 122 valence electrons. The van der Waals surface area contributed by atoms with E-state index < -0.39 is 5.97 Å². The number of carboxylic acid groups (broad SMARTS) is 1. The minimum absolute atomic E-state index is 0. The molecule has 1 heterocycles. The first-order chi connectivity index (χ1) is 10.7. The number of rotatable bonds is 7. The summed E-state index contributed by atoms with van der Waals surface area (Å²) in [5.41, 5.74) is 3.59. The Hall–Kier alpha value is -2.13. The number of benzene rings is 1. The van der Waals surface area contributed by atoms with E-state index in [0.29, 0.717) is 6.42 Å². The summed E-state index contributed by atoms with van der Waals surface area (Å²) >= 11 is 0. The standard InChI is InChI=1S/C19H21NO2.ClH/c1-16-8-2-3-9-17(16)12-13-18-10-4-6-14-20(18)15-7-5-11-19(21)22;/h2-4,6,8-10,12-14H,5,7,11,15H2,1H3;1H/b13-12+;. The molecule has 0 amide bonds. The maximum Gasteiger partial charge on any atom is 0.303 e. The maximum absolute atomic E-state index is 10.6. The molecular formula is C19H22ClNO2. The molecule has 2 aromatic rings. The Morgan fingerprint density at radius 2 is 1.83 bits per heavy atom. The van der Waals surface area contributed by atoms with Gasteiger partial charge >= 0.3 is 5.97 Å². The molecular weight excluding hydrogens is 310 g/mol. The average Bonchev–Trinajstić information content (AvgIpc) is 2.51. The predicted octanol–water partition coefficient (Wildman–Crippen LogP) is 0.712. The second-order valence-corrected chi connectivity index (χ2v) is 5.36. The minimum atomic E-state index is -0.724. The fourth-order valence-corrected chi connectivity index (χ4v) is 2.35. The third kappa shape index (κ3) is 6.25. The number of aryl methyl sites for hydroxylation is 2. The van der Waals surface area contributed by atoms with Crippen LogP contribution >= 0.6 is 0 Å². The lowest BCUT2D eigenvalue weighted by atomic mass is 10.1. The molecule has 2 rings (SSSR count). The van der Waals surface area contributed by atoms with Crippen molar-refractivity contribution in [2.24, 2.45) is 0 Å². The molecule has 0 aliphatic heterocycles. The van der Waals surface area contributed by atoms with Gasteiger partial charge in [0.15, 0.2) is 6.20 Å². The molecule has 0 aliphatic rings. The molecule has 0 aliphatic carbocycles. The predicted molar refractivity (Wildman–Crippen MR) is 88.2 cm³/mol. The van der Waals surface area contributed by atoms with Crippen LogP contribution in [0.1, 0.15) is 36.1 Å². The molecule has 0 saturated carbocycles. The number of hydrogen-bond donors (Lipinski definition) is 1. The zero-order valence-corrected chi connectivity index (χ0v) is 14.0. The Morgan fingerprint density at radius 1 is 1.09 bits per heavy atom. The van der Waals surface area contributed by atoms with E-state index in [2.05, 4.69) is 41.8 Å². The summed E-state index contributed by atoms with van der Waals surface area (Å²) in [6.45, 7) is 2.94. The van der Waals surface area contributed by atoms with E-state index in [1.807, 2.05) is 30.5 Å². The molecule has 0 spiro atoms. The SMILES string of the molecule is Cc1ccccc1/C=C/c1cccc[n+]1CCCCC(=O)O.[Cl-]. The van der Waals surface area contributed by atoms with Crippen LogP contribution in [0.3, 0.4) is 0 Å². The molecule has 1 N–H and O–H groups in total. The topological polar surface area (TPSA) is 41.2 Å². The van der Waals surface area contributed by atoms with Crippen LogP contribution in [0.5, 0.6) is 0 Å². The molecule has 0 bridgehead atoms. The largest absolute Gasteiger partial charge is 1.00 e. The van der Waals surface area contributed by atoms with Gasteiger partial charge in [0.2, 0.25) is 5.69 Å². The van der Waals surface area contributed by atoms with Crippen LogP contribution in [0.25, 0.3) is 12.2 Å². The normalized spacial score (nSPS) is 10.5. The number of aromatic nitrogens is 1. The Balaban J connectivity index is 0.00000264. The van der Waals surface area contributed by atoms with E-state index in [1.54, 1.807) is 0 Å². The van der Waals surface area contributed by atoms with Gasteiger partial charge in [0.05, 0.1) is 0 Å². The molecule has 0 atom stereocenters. The number of nitrogens with zero attached hydrogens (tertiary/aromatic N) is 1. The molecule has 1 aromatic heterocycles. The third-order valence-corrected chi connectivity index (χ3v) is 3.64. The number of aliphatic carboxylic acids is 1. The van der Waals surface area contributed by atoms with Gasteiger partial charge in [-0.1, -0.05) is 24.3 Å². The fourth-order valence-electron chi connectivity index (χ4n) is 2.35. The maximum atomic E-state index is 10.6. The van der Waals surface area contributed by atoms with Gasteiger partial charge in [-0.25, -0.2) is 0 Å². The molecule has 0 unspecified atom stereocenters. The van der Waals surface area contributed by atoms with Crippen LogP contribution in [-0.2, 0) is 11.3 Å². The first kappa shape index (κ1) is 18.9. The van der Waals surface area contributed by atoms with E-state index >= 15 is 0 Å². The number of carbonyl (C=O) groups is 1. The molecule has 4 heteroatoms. The van der Waals surface area contributed by atoms with Crippen molar-refractivity contribution in [1.29, 1.82) is 0 Å². The van der Waals surface area contributed by atoms with Gasteiger partial charge in [0, 0.05) is 31.1 Å². The van der Waals surface area contributed by atoms with E-state index in [0.717, 1.165) is 18.7 Å². The number of halogens is 1. The van der Waals surface area contributed by atoms with Crippen LogP contribution in [0.4, 0.5) is 0 Å². The molecule has 0 saturated heterocycles. The van der Waals surface area contributed by atoms with E-state index in [9.17, 15) is 4.79 Å². The first-order valence-electron chi connectivity index (χ1n) is 7.61. The van der Waals surface area contributed by atoms with Crippen LogP contribution < -0.4 is 17.0 Å². The van der Waals surface area contributed by atoms with Crippen molar-refractivity contribution in [2.75, 3.05) is 0 Å². The van der Waals surface area contributed by atoms with Crippen LogP contribution in [-0.4, -0.2) is 11.1 Å². The highest BCUT2D eigenvalue weighted by atomic mass is 35.5. The molecule has 3 nitrogen and oxygen atoms in total. The number of carboxylic acids is 1. The quantitative estimate of drug-likeness (QED) is 0.600. The van der Waals surface area contributed by atoms with Gasteiger partial charge in [0.25, 0.3) is 0 Å². The lowest BCUT2D eigenvalue weighted by Gasteiger charge is -2.01. The molecule has 1 aromatic carbocycles. The second-order valence-electron chi connectivity index (χ2n) is 5.36. The summed E-state index contributed by atoms with van der Waals surface area (Å²) in [5.74, 6) is -0.724. The zero-order chi connectivity index (χ0) is 15.8. The van der Waals surface area contributed by atoms with Gasteiger partial charge < -0.3 is 17.5 Å². The first-order valence-corrected chi connectivity index (χ1v) is 7.61. The van der Waals surface area contributed by atoms with Crippen molar-refractivity contribution >= 4 is 18.1 Å². The van der Waals surface area contributed by atoms with Gasteiger partial charge in [-0.15, -0.1) is 0 Å². The fraction of sp³-hybridized carbons (Fsp3) is 0.263. The number of unbranched alkanes of at least 4 members (excludes halogenated alkanes) is 1. The average molecular weight is 332 g/mol. The van der Waals surface area contributed by atoms with E-state index in [-0.39, 0.29) is 18.8 Å². The molecule has 23 heavy (non-hydrogen) atoms. The lowest BCUT2D eigenvalue weighted by Crippen LogP contribution is -3.00. The lowest BCUT2D eigenvalue weighted by molar-refractivity contribution is -0.699. The van der Waals surface area contributed by atoms with Crippen molar-refractivity contribution in [2.45, 2.75) is 32.7 Å². The van der Waals surface area contributed by atoms with Crippen molar-refractivity contribution in [3.8, 4) is 0 Å². The summed E-state index contributed by atoms with van der Waals surface area (Å²) < 4.78 is 2.16. The number of pyridine rings is 1. The van der Waals surface area contributed by atoms with Crippen molar-refractivity contribution in [3.05, 3.63) is 65.5 Å².